The van der Waals surface area contributed by atoms with Crippen molar-refractivity contribution in [3.8, 4) is 10.6 Å². The molecule has 33 heavy (non-hydrogen) atoms. The Hall–Kier alpha value is -2.26. The van der Waals surface area contributed by atoms with Crippen LogP contribution in [0.2, 0.25) is 5.02 Å². The van der Waals surface area contributed by atoms with E-state index in [0.717, 1.165) is 60.5 Å². The second kappa shape index (κ2) is 9.54. The zero-order valence-electron chi connectivity index (χ0n) is 19.0. The number of nitrogens with one attached hydrogen (secondary N) is 2. The first-order chi connectivity index (χ1) is 16.0. The highest BCUT2D eigenvalue weighted by molar-refractivity contribution is 7.22. The van der Waals surface area contributed by atoms with Crippen LogP contribution in [0.1, 0.15) is 30.1 Å². The van der Waals surface area contributed by atoms with Gasteiger partial charge in [-0.3, -0.25) is 9.69 Å². The molecule has 1 aliphatic heterocycles. The van der Waals surface area contributed by atoms with Crippen LogP contribution in [-0.2, 0) is 0 Å². The Bertz CT molecular complexity index is 1160. The predicted octanol–water partition coefficient (Wildman–Crippen LogP) is 3.95. The number of carbonyl (C=O) groups excluding carboxylic acids is 1. The summed E-state index contributed by atoms with van der Waals surface area (Å²) in [6.45, 7) is 7.25. The lowest BCUT2D eigenvalue weighted by atomic mass is 10.1. The number of fused-ring (bicyclic) bond motifs is 1. The van der Waals surface area contributed by atoms with E-state index < -0.39 is 0 Å². The second-order valence-corrected chi connectivity index (χ2v) is 10.5. The number of likely N-dealkylation sites (N-methyl/N-ethyl adjacent to an activating group) is 1. The Labute approximate surface area is 203 Å². The summed E-state index contributed by atoms with van der Waals surface area (Å²) in [5.41, 5.74) is 1.39. The fraction of sp³-hybridized carbons (Fsp3) is 0.458. The number of hydrogen-bond acceptors (Lipinski definition) is 7. The first-order valence-corrected chi connectivity index (χ1v) is 12.7. The molecule has 2 fully saturated rings. The zero-order valence-corrected chi connectivity index (χ0v) is 20.5. The van der Waals surface area contributed by atoms with Gasteiger partial charge in [0.15, 0.2) is 0 Å². The van der Waals surface area contributed by atoms with E-state index in [1.54, 1.807) is 17.5 Å². The molecule has 0 radical (unpaired) electrons. The standard InChI is InChI=1S/C24H29ClN6OS/c1-15-14-30(2)10-11-31(15)9-8-26-24-27-13-19(25)22(29-24)21-12-18-17(4-3-5-20(18)33-21)23(32)28-16-6-7-16/h3-5,12-13,15-16H,6-11,14H2,1-2H3,(H,28,32)(H,26,27,29)/t15-/m1/s1. The number of nitrogens with zero attached hydrogens (tertiary/aromatic N) is 4. The molecule has 1 aromatic carbocycles. The van der Waals surface area contributed by atoms with E-state index in [4.69, 9.17) is 16.6 Å². The van der Waals surface area contributed by atoms with Crippen LogP contribution in [0.4, 0.5) is 5.95 Å². The summed E-state index contributed by atoms with van der Waals surface area (Å²) < 4.78 is 1.04. The summed E-state index contributed by atoms with van der Waals surface area (Å²) in [5.74, 6) is 0.557. The summed E-state index contributed by atoms with van der Waals surface area (Å²) in [5, 5.41) is 7.88. The molecule has 2 aromatic heterocycles. The van der Waals surface area contributed by atoms with Crippen molar-refractivity contribution in [1.82, 2.24) is 25.1 Å². The lowest BCUT2D eigenvalue weighted by Crippen LogP contribution is -2.51. The highest BCUT2D eigenvalue weighted by atomic mass is 35.5. The topological polar surface area (TPSA) is 73.4 Å². The quantitative estimate of drug-likeness (QED) is 0.529. The molecule has 1 atom stereocenters. The van der Waals surface area contributed by atoms with Gasteiger partial charge in [-0.25, -0.2) is 9.97 Å². The van der Waals surface area contributed by atoms with E-state index >= 15 is 0 Å². The van der Waals surface area contributed by atoms with Gasteiger partial charge in [-0.2, -0.15) is 0 Å². The second-order valence-electron chi connectivity index (χ2n) is 9.04. The number of benzene rings is 1. The van der Waals surface area contributed by atoms with Crippen molar-refractivity contribution in [2.24, 2.45) is 0 Å². The number of halogens is 1. The van der Waals surface area contributed by atoms with Crippen LogP contribution in [-0.4, -0.2) is 77.5 Å². The maximum Gasteiger partial charge on any atom is 0.252 e. The average Bonchev–Trinajstić information content (AvgIpc) is 3.50. The number of hydrogen-bond donors (Lipinski definition) is 2. The first kappa shape index (κ1) is 22.5. The lowest BCUT2D eigenvalue weighted by Gasteiger charge is -2.38. The lowest BCUT2D eigenvalue weighted by molar-refractivity contribution is 0.0952. The van der Waals surface area contributed by atoms with Gasteiger partial charge in [-0.05, 0) is 45.0 Å². The maximum absolute atomic E-state index is 12.7. The minimum atomic E-state index is -0.0123. The van der Waals surface area contributed by atoms with Crippen LogP contribution in [0.25, 0.3) is 20.7 Å². The minimum absolute atomic E-state index is 0.0123. The normalized spacial score (nSPS) is 19.7. The maximum atomic E-state index is 12.7. The molecule has 9 heteroatoms. The SMILES string of the molecule is C[C@@H]1CN(C)CCN1CCNc1ncc(Cl)c(-c2cc3c(C(=O)NC4CC4)cccc3s2)n1. The van der Waals surface area contributed by atoms with E-state index in [9.17, 15) is 4.79 Å². The van der Waals surface area contributed by atoms with Crippen molar-refractivity contribution < 1.29 is 4.79 Å². The summed E-state index contributed by atoms with van der Waals surface area (Å²) in [4.78, 5) is 27.6. The van der Waals surface area contributed by atoms with Crippen molar-refractivity contribution in [1.29, 1.82) is 0 Å². The van der Waals surface area contributed by atoms with Crippen molar-refractivity contribution in [2.75, 3.05) is 45.1 Å². The van der Waals surface area contributed by atoms with E-state index in [0.29, 0.717) is 34.3 Å². The monoisotopic (exact) mass is 484 g/mol. The zero-order chi connectivity index (χ0) is 22.9. The summed E-state index contributed by atoms with van der Waals surface area (Å²) in [6.07, 6.45) is 3.78. The van der Waals surface area contributed by atoms with Gasteiger partial charge in [0.25, 0.3) is 5.91 Å². The Morgan fingerprint density at radius 3 is 2.94 bits per heavy atom. The average molecular weight is 485 g/mol. The van der Waals surface area contributed by atoms with Crippen LogP contribution >= 0.6 is 22.9 Å². The summed E-state index contributed by atoms with van der Waals surface area (Å²) in [6, 6.07) is 8.72. The molecule has 2 aliphatic rings. The van der Waals surface area contributed by atoms with Gasteiger partial charge < -0.3 is 15.5 Å². The minimum Gasteiger partial charge on any atom is -0.353 e. The summed E-state index contributed by atoms with van der Waals surface area (Å²) >= 11 is 8.08. The predicted molar refractivity (Wildman–Crippen MR) is 135 cm³/mol. The number of piperazine rings is 1. The number of thiophene rings is 1. The number of aromatic nitrogens is 2. The largest absolute Gasteiger partial charge is 0.353 e. The molecule has 1 amide bonds. The van der Waals surface area contributed by atoms with E-state index in [1.807, 2.05) is 24.3 Å². The third kappa shape index (κ3) is 5.14. The van der Waals surface area contributed by atoms with E-state index in [1.165, 1.54) is 0 Å². The molecule has 2 N–H and O–H groups in total. The summed E-state index contributed by atoms with van der Waals surface area (Å²) in [7, 11) is 2.17. The number of rotatable bonds is 7. The molecule has 3 heterocycles. The van der Waals surface area contributed by atoms with Crippen LogP contribution in [0, 0.1) is 0 Å². The van der Waals surface area contributed by atoms with E-state index in [2.05, 4.69) is 39.4 Å². The molecule has 174 valence electrons. The molecule has 0 unspecified atom stereocenters. The van der Waals surface area contributed by atoms with E-state index in [-0.39, 0.29) is 5.91 Å². The first-order valence-electron chi connectivity index (χ1n) is 11.5. The van der Waals surface area contributed by atoms with Gasteiger partial charge in [-0.1, -0.05) is 17.7 Å². The van der Waals surface area contributed by atoms with Gasteiger partial charge in [0, 0.05) is 60.5 Å². The van der Waals surface area contributed by atoms with Gasteiger partial charge in [0.05, 0.1) is 16.1 Å². The van der Waals surface area contributed by atoms with Gasteiger partial charge in [0.1, 0.15) is 5.69 Å². The number of anilines is 1. The third-order valence-electron chi connectivity index (χ3n) is 6.35. The van der Waals surface area contributed by atoms with Gasteiger partial charge >= 0.3 is 0 Å². The van der Waals surface area contributed by atoms with Gasteiger partial charge in [0.2, 0.25) is 5.95 Å². The molecule has 3 aromatic rings. The molecule has 0 spiro atoms. The highest BCUT2D eigenvalue weighted by Crippen LogP contribution is 2.37. The molecule has 1 saturated carbocycles. The van der Waals surface area contributed by atoms with Crippen molar-refractivity contribution in [3.05, 3.63) is 41.0 Å². The van der Waals surface area contributed by atoms with Crippen LogP contribution in [0.5, 0.6) is 0 Å². The number of amides is 1. The van der Waals surface area contributed by atoms with Crippen molar-refractivity contribution in [2.45, 2.75) is 31.8 Å². The highest BCUT2D eigenvalue weighted by Gasteiger charge is 2.25. The van der Waals surface area contributed by atoms with Crippen LogP contribution < -0.4 is 10.6 Å². The Kier molecular flexibility index (Phi) is 6.51. The molecule has 1 aliphatic carbocycles. The molecule has 0 bridgehead atoms. The Balaban J connectivity index is 1.32. The smallest absolute Gasteiger partial charge is 0.252 e. The van der Waals surface area contributed by atoms with Crippen molar-refractivity contribution in [3.63, 3.8) is 0 Å². The third-order valence-corrected chi connectivity index (χ3v) is 7.73. The van der Waals surface area contributed by atoms with Crippen LogP contribution in [0.15, 0.2) is 30.5 Å². The molecule has 5 rings (SSSR count). The molecular weight excluding hydrogens is 456 g/mol. The molecule has 7 nitrogen and oxygen atoms in total. The van der Waals surface area contributed by atoms with Gasteiger partial charge in [-0.15, -0.1) is 11.3 Å². The number of carbonyl (C=O) groups is 1. The fourth-order valence-corrected chi connectivity index (χ4v) is 5.65. The molecule has 1 saturated heterocycles. The van der Waals surface area contributed by atoms with Crippen molar-refractivity contribution >= 4 is 44.9 Å². The Morgan fingerprint density at radius 1 is 1.30 bits per heavy atom. The Morgan fingerprint density at radius 2 is 2.15 bits per heavy atom. The van der Waals surface area contributed by atoms with Crippen LogP contribution in [0.3, 0.4) is 0 Å². The fourth-order valence-electron chi connectivity index (χ4n) is 4.31. The molecular formula is C24H29ClN6OS.